The highest BCUT2D eigenvalue weighted by Gasteiger charge is 2.09. The van der Waals surface area contributed by atoms with Crippen molar-refractivity contribution >= 4 is 15.7 Å². The number of nitrogens with one attached hydrogen (secondary N) is 1. The van der Waals surface area contributed by atoms with E-state index in [0.29, 0.717) is 12.1 Å². The Hall–Kier alpha value is -1.23. The molecule has 0 saturated carbocycles. The molecule has 0 aromatic heterocycles. The van der Waals surface area contributed by atoms with Gasteiger partial charge in [-0.1, -0.05) is 19.4 Å². The Morgan fingerprint density at radius 1 is 1.33 bits per heavy atom. The molecule has 0 fully saturated rings. The summed E-state index contributed by atoms with van der Waals surface area (Å²) >= 11 is 0. The Balaban J connectivity index is 2.69. The summed E-state index contributed by atoms with van der Waals surface area (Å²) in [4.78, 5) is 0. The zero-order valence-electron chi connectivity index (χ0n) is 8.56. The monoisotopic (exact) mass is 228 g/mol. The van der Waals surface area contributed by atoms with Gasteiger partial charge < -0.3 is 0 Å². The average Bonchev–Trinajstić information content (AvgIpc) is 2.14. The smallest absolute Gasteiger partial charge is 0.232 e. The highest BCUT2D eigenvalue weighted by molar-refractivity contribution is 7.92. The minimum atomic E-state index is -3.30. The van der Waals surface area contributed by atoms with Gasteiger partial charge in [-0.15, -0.1) is 0 Å². The van der Waals surface area contributed by atoms with E-state index in [1.807, 2.05) is 6.92 Å². The maximum Gasteiger partial charge on any atom is 0.232 e. The minimum absolute atomic E-state index is 0.0899. The standard InChI is InChI=1S/C10H14NO3S/c1-2-3-7-15(13,14)11-9-5-4-6-10(12)8-9/h4-6,8,11H,2-3,7H2,1H3. The van der Waals surface area contributed by atoms with Gasteiger partial charge in [0.25, 0.3) is 0 Å². The Morgan fingerprint density at radius 2 is 2.07 bits per heavy atom. The predicted octanol–water partition coefficient (Wildman–Crippen LogP) is 2.37. The first kappa shape index (κ1) is 11.8. The third-order valence-corrected chi connectivity index (χ3v) is 3.25. The van der Waals surface area contributed by atoms with E-state index in [-0.39, 0.29) is 11.5 Å². The summed E-state index contributed by atoms with van der Waals surface area (Å²) in [5.41, 5.74) is 0.332. The van der Waals surface area contributed by atoms with Crippen molar-refractivity contribution in [2.24, 2.45) is 0 Å². The fraction of sp³-hybridized carbons (Fsp3) is 0.400. The highest BCUT2D eigenvalue weighted by Crippen LogP contribution is 2.17. The molecule has 0 saturated heterocycles. The molecule has 83 valence electrons. The van der Waals surface area contributed by atoms with E-state index >= 15 is 0 Å². The molecule has 0 aliphatic carbocycles. The van der Waals surface area contributed by atoms with Gasteiger partial charge in [0.1, 0.15) is 0 Å². The van der Waals surface area contributed by atoms with Crippen LogP contribution in [-0.4, -0.2) is 14.2 Å². The molecule has 1 N–H and O–H groups in total. The lowest BCUT2D eigenvalue weighted by Crippen LogP contribution is -2.16. The van der Waals surface area contributed by atoms with Crippen LogP contribution in [0.5, 0.6) is 5.75 Å². The van der Waals surface area contributed by atoms with Crippen molar-refractivity contribution in [3.8, 4) is 5.75 Å². The lowest BCUT2D eigenvalue weighted by atomic mass is 10.3. The Labute approximate surface area is 90.0 Å². The second-order valence-corrected chi connectivity index (χ2v) is 5.14. The second kappa shape index (κ2) is 5.02. The minimum Gasteiger partial charge on any atom is -0.290 e. The third-order valence-electron chi connectivity index (χ3n) is 1.87. The largest absolute Gasteiger partial charge is 0.290 e. The van der Waals surface area contributed by atoms with Crippen molar-refractivity contribution in [3.05, 3.63) is 24.3 Å². The van der Waals surface area contributed by atoms with Gasteiger partial charge in [0.2, 0.25) is 10.0 Å². The number of hydrogen-bond donors (Lipinski definition) is 1. The third kappa shape index (κ3) is 4.20. The first-order valence-electron chi connectivity index (χ1n) is 4.81. The van der Waals surface area contributed by atoms with Crippen LogP contribution in [-0.2, 0) is 15.1 Å². The molecule has 5 heteroatoms. The van der Waals surface area contributed by atoms with Gasteiger partial charge in [-0.3, -0.25) is 9.83 Å². The van der Waals surface area contributed by atoms with Crippen molar-refractivity contribution < 1.29 is 13.5 Å². The van der Waals surface area contributed by atoms with Crippen LogP contribution in [0.15, 0.2) is 24.3 Å². The number of anilines is 1. The van der Waals surface area contributed by atoms with Crippen LogP contribution in [0.4, 0.5) is 5.69 Å². The summed E-state index contributed by atoms with van der Waals surface area (Å²) in [5, 5.41) is 11.0. The second-order valence-electron chi connectivity index (χ2n) is 3.30. The number of hydrogen-bond acceptors (Lipinski definition) is 2. The molecular weight excluding hydrogens is 214 g/mol. The molecular formula is C10H14NO3S. The van der Waals surface area contributed by atoms with Crippen LogP contribution in [0.1, 0.15) is 19.8 Å². The fourth-order valence-corrected chi connectivity index (χ4v) is 2.38. The van der Waals surface area contributed by atoms with Gasteiger partial charge >= 0.3 is 0 Å². The lowest BCUT2D eigenvalue weighted by Gasteiger charge is -2.06. The molecule has 0 unspecified atom stereocenters. The van der Waals surface area contributed by atoms with Crippen molar-refractivity contribution in [3.63, 3.8) is 0 Å². The molecule has 1 radical (unpaired) electrons. The van der Waals surface area contributed by atoms with E-state index in [4.69, 9.17) is 0 Å². The number of unbranched alkanes of at least 4 members (excludes halogenated alkanes) is 1. The van der Waals surface area contributed by atoms with Crippen LogP contribution in [0, 0.1) is 0 Å². The van der Waals surface area contributed by atoms with E-state index in [1.54, 1.807) is 6.07 Å². The summed E-state index contributed by atoms with van der Waals surface area (Å²) in [5.74, 6) is -0.113. The normalized spacial score (nSPS) is 11.3. The average molecular weight is 228 g/mol. The molecule has 4 nitrogen and oxygen atoms in total. The van der Waals surface area contributed by atoms with Crippen molar-refractivity contribution in [2.75, 3.05) is 10.5 Å². The van der Waals surface area contributed by atoms with E-state index in [9.17, 15) is 13.5 Å². The molecule has 1 aromatic rings. The van der Waals surface area contributed by atoms with Crippen LogP contribution < -0.4 is 4.72 Å². The van der Waals surface area contributed by atoms with Gasteiger partial charge in [0, 0.05) is 6.07 Å². The molecule has 0 heterocycles. The van der Waals surface area contributed by atoms with Crippen LogP contribution in [0.3, 0.4) is 0 Å². The Kier molecular flexibility index (Phi) is 3.96. The summed E-state index contributed by atoms with van der Waals surface area (Å²) in [6.45, 7) is 1.92. The maximum absolute atomic E-state index is 11.5. The molecule has 1 rings (SSSR count). The van der Waals surface area contributed by atoms with Crippen LogP contribution >= 0.6 is 0 Å². The zero-order chi connectivity index (χ0) is 11.3. The Morgan fingerprint density at radius 3 is 2.67 bits per heavy atom. The number of benzene rings is 1. The molecule has 15 heavy (non-hydrogen) atoms. The van der Waals surface area contributed by atoms with Crippen molar-refractivity contribution in [2.45, 2.75) is 19.8 Å². The lowest BCUT2D eigenvalue weighted by molar-refractivity contribution is 0.355. The quantitative estimate of drug-likeness (QED) is 0.840. The van der Waals surface area contributed by atoms with E-state index in [2.05, 4.69) is 4.72 Å². The molecule has 1 aromatic carbocycles. The van der Waals surface area contributed by atoms with Crippen LogP contribution in [0.2, 0.25) is 0 Å². The molecule has 0 aliphatic rings. The summed E-state index contributed by atoms with van der Waals surface area (Å²) in [6.07, 6.45) is 1.44. The van der Waals surface area contributed by atoms with Gasteiger partial charge in [0.05, 0.1) is 11.4 Å². The summed E-state index contributed by atoms with van der Waals surface area (Å²) < 4.78 is 25.3. The zero-order valence-corrected chi connectivity index (χ0v) is 9.38. The summed E-state index contributed by atoms with van der Waals surface area (Å²) in [6, 6.07) is 5.73. The molecule has 0 amide bonds. The maximum atomic E-state index is 11.5. The SMILES string of the molecule is CCCCS(=O)(=O)Nc1cccc([O])c1. The van der Waals surface area contributed by atoms with Gasteiger partial charge in [-0.05, 0) is 18.6 Å². The predicted molar refractivity (Wildman–Crippen MR) is 58.9 cm³/mol. The topological polar surface area (TPSA) is 66.1 Å². The fourth-order valence-electron chi connectivity index (χ4n) is 1.12. The Bertz CT molecular complexity index is 414. The first-order chi connectivity index (χ1) is 7.03. The van der Waals surface area contributed by atoms with Crippen molar-refractivity contribution in [1.82, 2.24) is 0 Å². The van der Waals surface area contributed by atoms with E-state index < -0.39 is 10.0 Å². The van der Waals surface area contributed by atoms with Gasteiger partial charge in [-0.2, -0.15) is 0 Å². The van der Waals surface area contributed by atoms with Gasteiger partial charge in [0.15, 0.2) is 5.75 Å². The highest BCUT2D eigenvalue weighted by atomic mass is 32.2. The molecule has 0 atom stereocenters. The van der Waals surface area contributed by atoms with Crippen molar-refractivity contribution in [1.29, 1.82) is 0 Å². The van der Waals surface area contributed by atoms with Crippen LogP contribution in [0.25, 0.3) is 0 Å². The molecule has 0 bridgehead atoms. The molecule has 0 spiro atoms. The van der Waals surface area contributed by atoms with E-state index in [1.165, 1.54) is 18.2 Å². The van der Waals surface area contributed by atoms with E-state index in [0.717, 1.165) is 6.42 Å². The first-order valence-corrected chi connectivity index (χ1v) is 6.46. The number of sulfonamides is 1. The van der Waals surface area contributed by atoms with Gasteiger partial charge in [-0.25, -0.2) is 8.42 Å². The summed E-state index contributed by atoms with van der Waals surface area (Å²) in [7, 11) is -3.30. The molecule has 0 aliphatic heterocycles. The number of rotatable bonds is 5.